The number of ketones is 1. The molecule has 0 N–H and O–H groups in total. The smallest absolute Gasteiger partial charge is 0.211 e. The van der Waals surface area contributed by atoms with Crippen molar-refractivity contribution in [3.8, 4) is 21.8 Å². The minimum Gasteiger partial charge on any atom is -0.352 e. The lowest BCUT2D eigenvalue weighted by Gasteiger charge is -2.00. The molecular weight excluding hydrogens is 366 g/mol. The summed E-state index contributed by atoms with van der Waals surface area (Å²) in [5, 5.41) is 6.54. The highest BCUT2D eigenvalue weighted by Gasteiger charge is 2.15. The number of rotatable bonds is 6. The number of nitrogens with zero attached hydrogens (tertiary/aromatic N) is 3. The highest BCUT2D eigenvalue weighted by Crippen LogP contribution is 2.25. The van der Waals surface area contributed by atoms with E-state index < -0.39 is 0 Å². The molecule has 7 heteroatoms. The predicted octanol–water partition coefficient (Wildman–Crippen LogP) is 4.84. The van der Waals surface area contributed by atoms with E-state index in [0.717, 1.165) is 16.1 Å². The number of Topliss-reactive ketones (excluding diaryl/α,β-unsaturated/α-hetero) is 1. The molecule has 1 aromatic carbocycles. The summed E-state index contributed by atoms with van der Waals surface area (Å²) in [6, 6.07) is 17.1. The number of thiophene rings is 1. The first-order valence-corrected chi connectivity index (χ1v) is 9.71. The summed E-state index contributed by atoms with van der Waals surface area (Å²) >= 11 is 2.90. The number of hydrogen-bond donors (Lipinski definition) is 0. The first-order chi connectivity index (χ1) is 12.8. The summed E-state index contributed by atoms with van der Waals surface area (Å²) < 4.78 is 5.20. The van der Waals surface area contributed by atoms with Gasteiger partial charge in [-0.3, -0.25) is 4.79 Å². The second-order valence-electron chi connectivity index (χ2n) is 5.36. The van der Waals surface area contributed by atoms with Crippen molar-refractivity contribution in [2.75, 3.05) is 5.75 Å². The van der Waals surface area contributed by atoms with Crippen molar-refractivity contribution in [1.82, 2.24) is 15.1 Å². The van der Waals surface area contributed by atoms with Gasteiger partial charge in [-0.15, -0.1) is 11.3 Å². The molecule has 5 nitrogen and oxygen atoms in total. The van der Waals surface area contributed by atoms with Crippen molar-refractivity contribution in [3.05, 3.63) is 71.9 Å². The molecule has 0 unspecified atom stereocenters. The van der Waals surface area contributed by atoms with Gasteiger partial charge >= 0.3 is 0 Å². The third kappa shape index (κ3) is 3.74. The van der Waals surface area contributed by atoms with Crippen LogP contribution in [0.1, 0.15) is 10.6 Å². The largest absolute Gasteiger partial charge is 0.352 e. The molecule has 0 aliphatic carbocycles. The van der Waals surface area contributed by atoms with Crippen LogP contribution >= 0.6 is 23.1 Å². The maximum Gasteiger partial charge on any atom is 0.211 e. The monoisotopic (exact) mass is 379 g/mol. The van der Waals surface area contributed by atoms with Gasteiger partial charge in [0, 0.05) is 17.8 Å². The summed E-state index contributed by atoms with van der Waals surface area (Å²) in [4.78, 5) is 22.2. The Morgan fingerprint density at radius 3 is 2.77 bits per heavy atom. The van der Waals surface area contributed by atoms with Gasteiger partial charge in [0.2, 0.25) is 11.5 Å². The normalized spacial score (nSPS) is 10.8. The molecule has 0 fully saturated rings. The van der Waals surface area contributed by atoms with Crippen molar-refractivity contribution in [2.45, 2.75) is 5.16 Å². The predicted molar refractivity (Wildman–Crippen MR) is 102 cm³/mol. The second-order valence-corrected chi connectivity index (χ2v) is 7.25. The summed E-state index contributed by atoms with van der Waals surface area (Å²) in [5.74, 6) is 0.290. The maximum absolute atomic E-state index is 12.4. The molecule has 3 aromatic heterocycles. The van der Waals surface area contributed by atoms with Crippen LogP contribution in [0.2, 0.25) is 0 Å². The molecular formula is C19H13N3O2S2. The quantitative estimate of drug-likeness (QED) is 0.271. The molecule has 0 spiro atoms. The maximum atomic E-state index is 12.4. The lowest BCUT2D eigenvalue weighted by molar-refractivity contribution is 0.0983. The standard InChI is InChI=1S/C19H13N3O2S2/c23-16(17-11-15(22-24-17)13-5-2-1-3-6-13)12-26-19-20-9-8-14(21-19)18-7-4-10-25-18/h1-11H,12H2. The molecule has 26 heavy (non-hydrogen) atoms. The zero-order chi connectivity index (χ0) is 17.8. The molecule has 0 saturated carbocycles. The third-order valence-corrected chi connectivity index (χ3v) is 5.35. The van der Waals surface area contributed by atoms with Crippen LogP contribution in [0.5, 0.6) is 0 Å². The topological polar surface area (TPSA) is 68.9 Å². The summed E-state index contributed by atoms with van der Waals surface area (Å²) in [7, 11) is 0. The average Bonchev–Trinajstić information content (AvgIpc) is 3.39. The Morgan fingerprint density at radius 1 is 1.08 bits per heavy atom. The van der Waals surface area contributed by atoms with Crippen molar-refractivity contribution >= 4 is 28.9 Å². The van der Waals surface area contributed by atoms with E-state index in [4.69, 9.17) is 4.52 Å². The lowest BCUT2D eigenvalue weighted by Crippen LogP contribution is -2.01. The van der Waals surface area contributed by atoms with Crippen molar-refractivity contribution in [2.24, 2.45) is 0 Å². The molecule has 0 bridgehead atoms. The number of carbonyl (C=O) groups is 1. The molecule has 0 aliphatic rings. The van der Waals surface area contributed by atoms with Crippen LogP contribution in [0.15, 0.2) is 75.9 Å². The van der Waals surface area contributed by atoms with Gasteiger partial charge in [0.1, 0.15) is 5.69 Å². The first kappa shape index (κ1) is 16.7. The van der Waals surface area contributed by atoms with Crippen molar-refractivity contribution in [3.63, 3.8) is 0 Å². The van der Waals surface area contributed by atoms with Gasteiger partial charge in [0.15, 0.2) is 5.16 Å². The van der Waals surface area contributed by atoms with E-state index in [1.54, 1.807) is 23.6 Å². The fourth-order valence-electron chi connectivity index (χ4n) is 2.32. The molecule has 0 atom stereocenters. The summed E-state index contributed by atoms with van der Waals surface area (Å²) in [6.45, 7) is 0. The van der Waals surface area contributed by atoms with E-state index >= 15 is 0 Å². The molecule has 0 radical (unpaired) electrons. The minimum absolute atomic E-state index is 0.144. The number of carbonyl (C=O) groups excluding carboxylic acids is 1. The van der Waals surface area contributed by atoms with Crippen LogP contribution in [0, 0.1) is 0 Å². The van der Waals surface area contributed by atoms with Crippen LogP contribution in [0.4, 0.5) is 0 Å². The van der Waals surface area contributed by atoms with Gasteiger partial charge in [0.05, 0.1) is 16.3 Å². The van der Waals surface area contributed by atoms with Crippen molar-refractivity contribution in [1.29, 1.82) is 0 Å². The second kappa shape index (κ2) is 7.63. The summed E-state index contributed by atoms with van der Waals surface area (Å²) in [5.41, 5.74) is 2.42. The SMILES string of the molecule is O=C(CSc1nccc(-c2cccs2)n1)c1cc(-c2ccccc2)no1. The number of benzene rings is 1. The number of hydrogen-bond acceptors (Lipinski definition) is 7. The van der Waals surface area contributed by atoms with E-state index in [9.17, 15) is 4.79 Å². The highest BCUT2D eigenvalue weighted by molar-refractivity contribution is 7.99. The molecule has 4 rings (SSSR count). The van der Waals surface area contributed by atoms with E-state index in [-0.39, 0.29) is 17.3 Å². The summed E-state index contributed by atoms with van der Waals surface area (Å²) in [6.07, 6.45) is 1.71. The number of thioether (sulfide) groups is 1. The molecule has 128 valence electrons. The van der Waals surface area contributed by atoms with Crippen molar-refractivity contribution < 1.29 is 9.32 Å². The van der Waals surface area contributed by atoms with E-state index in [1.807, 2.05) is 53.9 Å². The van der Waals surface area contributed by atoms with Crippen LogP contribution in [0.3, 0.4) is 0 Å². The van der Waals surface area contributed by atoms with E-state index in [1.165, 1.54) is 11.8 Å². The molecule has 0 aliphatic heterocycles. The molecule has 4 aromatic rings. The molecule has 3 heterocycles. The van der Waals surface area contributed by atoms with Gasteiger partial charge in [0.25, 0.3) is 0 Å². The van der Waals surface area contributed by atoms with Gasteiger partial charge in [-0.2, -0.15) is 0 Å². The van der Waals surface area contributed by atoms with E-state index in [0.29, 0.717) is 10.9 Å². The van der Waals surface area contributed by atoms with E-state index in [2.05, 4.69) is 15.1 Å². The Bertz CT molecular complexity index is 1010. The zero-order valence-corrected chi connectivity index (χ0v) is 15.2. The van der Waals surface area contributed by atoms with Crippen LogP contribution in [-0.4, -0.2) is 26.7 Å². The van der Waals surface area contributed by atoms with Gasteiger partial charge < -0.3 is 4.52 Å². The first-order valence-electron chi connectivity index (χ1n) is 7.85. The highest BCUT2D eigenvalue weighted by atomic mass is 32.2. The molecule has 0 amide bonds. The van der Waals surface area contributed by atoms with Gasteiger partial charge in [-0.25, -0.2) is 9.97 Å². The lowest BCUT2D eigenvalue weighted by atomic mass is 10.1. The Morgan fingerprint density at radius 2 is 1.96 bits per heavy atom. The molecule has 0 saturated heterocycles. The Labute approximate surface area is 158 Å². The Hall–Kier alpha value is -2.77. The average molecular weight is 379 g/mol. The van der Waals surface area contributed by atoms with Gasteiger partial charge in [-0.1, -0.05) is 53.3 Å². The fourth-order valence-corrected chi connectivity index (χ4v) is 3.72. The Balaban J connectivity index is 1.43. The zero-order valence-electron chi connectivity index (χ0n) is 13.5. The minimum atomic E-state index is -0.144. The Kier molecular flexibility index (Phi) is 4.90. The van der Waals surface area contributed by atoms with Gasteiger partial charge in [-0.05, 0) is 17.5 Å². The van der Waals surface area contributed by atoms with Crippen LogP contribution in [-0.2, 0) is 0 Å². The third-order valence-electron chi connectivity index (χ3n) is 3.59. The number of aromatic nitrogens is 3. The fraction of sp³-hybridized carbons (Fsp3) is 0.0526. The van der Waals surface area contributed by atoms with Crippen LogP contribution < -0.4 is 0 Å². The van der Waals surface area contributed by atoms with Crippen LogP contribution in [0.25, 0.3) is 21.8 Å².